The fraction of sp³-hybridized carbons (Fsp3) is 0.345. The number of imidazole rings is 1. The molecule has 0 aliphatic carbocycles. The summed E-state index contributed by atoms with van der Waals surface area (Å²) in [7, 11) is 3.84. The lowest BCUT2D eigenvalue weighted by Gasteiger charge is -2.35. The van der Waals surface area contributed by atoms with Crippen LogP contribution in [0.2, 0.25) is 0 Å². The number of hydrogen-bond acceptors (Lipinski definition) is 7. The summed E-state index contributed by atoms with van der Waals surface area (Å²) in [6.45, 7) is 4.91. The van der Waals surface area contributed by atoms with Crippen molar-refractivity contribution >= 4 is 40.1 Å². The zero-order valence-electron chi connectivity index (χ0n) is 23.0. The van der Waals surface area contributed by atoms with Crippen LogP contribution in [0.5, 0.6) is 0 Å². The molecule has 1 atom stereocenters. The Hall–Kier alpha value is -4.27. The van der Waals surface area contributed by atoms with E-state index < -0.39 is 5.54 Å². The van der Waals surface area contributed by atoms with Gasteiger partial charge in [0.25, 0.3) is 11.8 Å². The summed E-state index contributed by atoms with van der Waals surface area (Å²) in [5, 5.41) is 19.6. The first-order chi connectivity index (χ1) is 19.2. The molecular formula is C29H32N8O2S. The van der Waals surface area contributed by atoms with Crippen LogP contribution in [0, 0.1) is 11.3 Å². The highest BCUT2D eigenvalue weighted by Crippen LogP contribution is 2.32. The Morgan fingerprint density at radius 3 is 2.77 bits per heavy atom. The van der Waals surface area contributed by atoms with Gasteiger partial charge in [0.1, 0.15) is 11.6 Å². The van der Waals surface area contributed by atoms with E-state index in [-0.39, 0.29) is 23.4 Å². The lowest BCUT2D eigenvalue weighted by Crippen LogP contribution is -2.42. The maximum absolute atomic E-state index is 13.5. The third-order valence-electron chi connectivity index (χ3n) is 7.48. The number of hydrogen-bond donors (Lipinski definition) is 2. The predicted molar refractivity (Wildman–Crippen MR) is 156 cm³/mol. The number of aromatic nitrogens is 4. The Kier molecular flexibility index (Phi) is 7.56. The van der Waals surface area contributed by atoms with Crippen molar-refractivity contribution in [2.24, 2.45) is 0 Å². The molecule has 11 heteroatoms. The van der Waals surface area contributed by atoms with Crippen LogP contribution >= 0.6 is 11.3 Å². The molecule has 1 aliphatic rings. The van der Waals surface area contributed by atoms with Gasteiger partial charge in [-0.05, 0) is 71.1 Å². The number of likely N-dealkylation sites (tertiary alicyclic amines) is 1. The van der Waals surface area contributed by atoms with Crippen molar-refractivity contribution in [3.8, 4) is 16.5 Å². The van der Waals surface area contributed by atoms with Gasteiger partial charge in [0.05, 0.1) is 28.1 Å². The molecule has 206 valence electrons. The van der Waals surface area contributed by atoms with Crippen molar-refractivity contribution in [3.63, 3.8) is 0 Å². The number of benzene rings is 1. The summed E-state index contributed by atoms with van der Waals surface area (Å²) < 4.78 is 2.02. The number of carbonyl (C=O) groups excluding carboxylic acids is 2. The van der Waals surface area contributed by atoms with Crippen LogP contribution in [0.25, 0.3) is 21.5 Å². The molecule has 2 amide bonds. The second kappa shape index (κ2) is 11.1. The second-order valence-corrected chi connectivity index (χ2v) is 11.7. The highest BCUT2D eigenvalue weighted by atomic mass is 32.1. The second-order valence-electron chi connectivity index (χ2n) is 10.7. The minimum Gasteiger partial charge on any atom is -0.336 e. The fourth-order valence-electron chi connectivity index (χ4n) is 4.81. The molecule has 4 heterocycles. The van der Waals surface area contributed by atoms with E-state index in [1.54, 1.807) is 29.4 Å². The molecule has 1 aliphatic heterocycles. The van der Waals surface area contributed by atoms with E-state index in [9.17, 15) is 14.9 Å². The number of H-pyrrole nitrogens is 1. The first kappa shape index (κ1) is 27.3. The molecule has 1 fully saturated rings. The van der Waals surface area contributed by atoms with Crippen LogP contribution in [-0.4, -0.2) is 74.1 Å². The zero-order chi connectivity index (χ0) is 28.4. The predicted octanol–water partition coefficient (Wildman–Crippen LogP) is 4.69. The number of aromatic amines is 1. The number of nitrogens with one attached hydrogen (secondary N) is 2. The van der Waals surface area contributed by atoms with Crippen LogP contribution in [0.4, 0.5) is 5.95 Å². The van der Waals surface area contributed by atoms with Gasteiger partial charge in [0.15, 0.2) is 0 Å². The Bertz CT molecular complexity index is 1610. The van der Waals surface area contributed by atoms with Crippen molar-refractivity contribution in [2.75, 3.05) is 32.5 Å². The van der Waals surface area contributed by atoms with Crippen LogP contribution < -0.4 is 5.32 Å². The smallest absolute Gasteiger partial charge is 0.268 e. The minimum atomic E-state index is -0.451. The fourth-order valence-corrected chi connectivity index (χ4v) is 5.69. The molecule has 1 saturated heterocycles. The normalized spacial score (nSPS) is 16.4. The average molecular weight is 557 g/mol. The monoisotopic (exact) mass is 556 g/mol. The number of anilines is 1. The molecule has 5 rings (SSSR count). The van der Waals surface area contributed by atoms with E-state index in [1.165, 1.54) is 11.3 Å². The standard InChI is InChI=1S/C29H32N8O2S/c1-29(2,35(3)4)14-19(15-30)27(39)36-13-7-8-21(18-36)37-23-10-6-5-9-22(23)33-28(37)34-26(38)25-12-11-24(40-25)20-16-31-32-17-20/h5-6,9-12,14,16-17,21H,7-8,13,18H2,1-4H3,(H,31,32)(H,33,34,38)/b19-14+. The Labute approximate surface area is 236 Å². The third kappa shape index (κ3) is 5.41. The summed E-state index contributed by atoms with van der Waals surface area (Å²) >= 11 is 1.38. The number of fused-ring (bicyclic) bond motifs is 1. The molecule has 0 saturated carbocycles. The maximum atomic E-state index is 13.5. The Morgan fingerprint density at radius 1 is 1.25 bits per heavy atom. The molecule has 10 nitrogen and oxygen atoms in total. The summed E-state index contributed by atoms with van der Waals surface area (Å²) in [4.78, 5) is 36.7. The number of para-hydroxylation sites is 2. The highest BCUT2D eigenvalue weighted by Gasteiger charge is 2.31. The van der Waals surface area contributed by atoms with Gasteiger partial charge >= 0.3 is 0 Å². The zero-order valence-corrected chi connectivity index (χ0v) is 23.8. The lowest BCUT2D eigenvalue weighted by molar-refractivity contribution is -0.128. The molecule has 1 aromatic carbocycles. The molecule has 1 unspecified atom stereocenters. The van der Waals surface area contributed by atoms with E-state index >= 15 is 0 Å². The van der Waals surface area contributed by atoms with Crippen molar-refractivity contribution in [1.82, 2.24) is 29.5 Å². The van der Waals surface area contributed by atoms with Gasteiger partial charge in [-0.25, -0.2) is 4.98 Å². The molecule has 0 bridgehead atoms. The van der Waals surface area contributed by atoms with E-state index in [0.717, 1.165) is 34.3 Å². The van der Waals surface area contributed by atoms with E-state index in [4.69, 9.17) is 4.98 Å². The molecule has 4 aromatic rings. The number of carbonyl (C=O) groups is 2. The summed E-state index contributed by atoms with van der Waals surface area (Å²) in [5.74, 6) is -0.0864. The number of piperidine rings is 1. The van der Waals surface area contributed by atoms with Gasteiger partial charge in [-0.3, -0.25) is 20.0 Å². The largest absolute Gasteiger partial charge is 0.336 e. The molecular weight excluding hydrogens is 524 g/mol. The number of rotatable bonds is 7. The molecule has 3 aromatic heterocycles. The van der Waals surface area contributed by atoms with Gasteiger partial charge in [-0.15, -0.1) is 11.3 Å². The van der Waals surface area contributed by atoms with Gasteiger partial charge < -0.3 is 14.4 Å². The van der Waals surface area contributed by atoms with Crippen molar-refractivity contribution in [3.05, 3.63) is 65.3 Å². The van der Waals surface area contributed by atoms with Gasteiger partial charge in [-0.1, -0.05) is 12.1 Å². The first-order valence-electron chi connectivity index (χ1n) is 13.1. The van der Waals surface area contributed by atoms with E-state index in [1.807, 2.05) is 67.7 Å². The van der Waals surface area contributed by atoms with E-state index in [0.29, 0.717) is 23.9 Å². The number of nitriles is 1. The van der Waals surface area contributed by atoms with Gasteiger partial charge in [0.2, 0.25) is 5.95 Å². The maximum Gasteiger partial charge on any atom is 0.268 e. The van der Waals surface area contributed by atoms with Crippen LogP contribution in [-0.2, 0) is 4.79 Å². The van der Waals surface area contributed by atoms with Crippen molar-refractivity contribution in [2.45, 2.75) is 38.3 Å². The number of likely N-dealkylation sites (N-methyl/N-ethyl adjacent to an activating group) is 1. The third-order valence-corrected chi connectivity index (χ3v) is 8.62. The average Bonchev–Trinajstić information content (AvgIpc) is 3.71. The topological polar surface area (TPSA) is 123 Å². The molecule has 2 N–H and O–H groups in total. The SMILES string of the molecule is CN(C)C(C)(C)/C=C(\C#N)C(=O)N1CCCC(n2c(NC(=O)c3ccc(-c4cn[nH]c4)s3)nc3ccccc32)C1. The minimum absolute atomic E-state index is 0.118. The van der Waals surface area contributed by atoms with Crippen molar-refractivity contribution in [1.29, 1.82) is 5.26 Å². The summed E-state index contributed by atoms with van der Waals surface area (Å²) in [5.41, 5.74) is 2.24. The van der Waals surface area contributed by atoms with Crippen molar-refractivity contribution < 1.29 is 9.59 Å². The highest BCUT2D eigenvalue weighted by molar-refractivity contribution is 7.17. The molecule has 40 heavy (non-hydrogen) atoms. The molecule has 0 spiro atoms. The number of amides is 2. The van der Waals surface area contributed by atoms with E-state index in [2.05, 4.69) is 21.6 Å². The first-order valence-corrected chi connectivity index (χ1v) is 14.0. The Morgan fingerprint density at radius 2 is 2.05 bits per heavy atom. The molecule has 0 radical (unpaired) electrons. The summed E-state index contributed by atoms with van der Waals surface area (Å²) in [6, 6.07) is 13.4. The number of nitrogens with zero attached hydrogens (tertiary/aromatic N) is 6. The van der Waals surface area contributed by atoms with Crippen LogP contribution in [0.15, 0.2) is 60.4 Å². The quantitative estimate of drug-likeness (QED) is 0.251. The summed E-state index contributed by atoms with van der Waals surface area (Å²) in [6.07, 6.45) is 6.82. The van der Waals surface area contributed by atoms with Gasteiger partial charge in [0, 0.05) is 35.3 Å². The Balaban J connectivity index is 1.42. The number of thiophene rings is 1. The van der Waals surface area contributed by atoms with Crippen LogP contribution in [0.3, 0.4) is 0 Å². The lowest BCUT2D eigenvalue weighted by atomic mass is 9.98. The van der Waals surface area contributed by atoms with Crippen LogP contribution in [0.1, 0.15) is 42.4 Å². The van der Waals surface area contributed by atoms with Gasteiger partial charge in [-0.2, -0.15) is 10.4 Å².